The van der Waals surface area contributed by atoms with Gasteiger partial charge in [-0.25, -0.2) is 4.98 Å². The van der Waals surface area contributed by atoms with Crippen molar-refractivity contribution >= 4 is 11.5 Å². The number of anilines is 2. The van der Waals surface area contributed by atoms with Gasteiger partial charge in [0.25, 0.3) is 0 Å². The first-order chi connectivity index (χ1) is 8.04. The largest absolute Gasteiger partial charge is 0.396 e. The molecular formula is C12H18N4O. The predicted octanol–water partition coefficient (Wildman–Crippen LogP) is 1.40. The van der Waals surface area contributed by atoms with Crippen LogP contribution in [0.15, 0.2) is 12.1 Å². The highest BCUT2D eigenvalue weighted by Gasteiger charge is 2.06. The second kappa shape index (κ2) is 6.06. The molecule has 0 radical (unpaired) electrons. The molecule has 1 rings (SSSR count). The van der Waals surface area contributed by atoms with Crippen LogP contribution < -0.4 is 10.6 Å². The number of nitrogens with two attached hydrogens (primary N) is 1. The summed E-state index contributed by atoms with van der Waals surface area (Å²) in [7, 11) is 1.91. The number of ether oxygens (including phenoxy) is 1. The number of hydrogen-bond donors (Lipinski definition) is 1. The molecule has 0 aliphatic heterocycles. The highest BCUT2D eigenvalue weighted by Crippen LogP contribution is 2.14. The summed E-state index contributed by atoms with van der Waals surface area (Å²) in [5.41, 5.74) is 6.28. The third kappa shape index (κ3) is 3.93. The zero-order chi connectivity index (χ0) is 12.8. The number of likely N-dealkylation sites (N-methyl/N-ethyl adjacent to an activating group) is 1. The Balaban J connectivity index is 2.63. The normalized spacial score (nSPS) is 10.3. The second-order valence-corrected chi connectivity index (χ2v) is 4.06. The molecule has 0 amide bonds. The number of nitrogens with zero attached hydrogens (tertiary/aromatic N) is 3. The minimum Gasteiger partial charge on any atom is -0.396 e. The lowest BCUT2D eigenvalue weighted by Gasteiger charge is -2.19. The fraction of sp³-hybridized carbons (Fsp3) is 0.500. The van der Waals surface area contributed by atoms with Crippen molar-refractivity contribution in [1.29, 1.82) is 5.26 Å². The summed E-state index contributed by atoms with van der Waals surface area (Å²) >= 11 is 0. The molecule has 92 valence electrons. The molecule has 0 aliphatic carbocycles. The Morgan fingerprint density at radius 1 is 1.53 bits per heavy atom. The van der Waals surface area contributed by atoms with Crippen LogP contribution in [0.3, 0.4) is 0 Å². The highest BCUT2D eigenvalue weighted by atomic mass is 16.5. The van der Waals surface area contributed by atoms with Crippen molar-refractivity contribution in [3.8, 4) is 6.07 Å². The molecule has 0 atom stereocenters. The SMILES string of the molecule is CC(C)OCCN(C)c1ccc(N)c(C#N)n1. The van der Waals surface area contributed by atoms with Crippen LogP contribution in [0.4, 0.5) is 11.5 Å². The molecule has 0 fully saturated rings. The molecule has 0 aliphatic rings. The van der Waals surface area contributed by atoms with Gasteiger partial charge in [0.05, 0.1) is 18.4 Å². The molecule has 0 unspecified atom stereocenters. The Kier molecular flexibility index (Phi) is 4.73. The van der Waals surface area contributed by atoms with Crippen molar-refractivity contribution in [3.63, 3.8) is 0 Å². The van der Waals surface area contributed by atoms with Crippen LogP contribution in [-0.2, 0) is 4.74 Å². The van der Waals surface area contributed by atoms with Gasteiger partial charge in [-0.05, 0) is 26.0 Å². The summed E-state index contributed by atoms with van der Waals surface area (Å²) < 4.78 is 5.46. The highest BCUT2D eigenvalue weighted by molar-refractivity contribution is 5.55. The maximum absolute atomic E-state index is 8.84. The Labute approximate surface area is 102 Å². The summed E-state index contributed by atoms with van der Waals surface area (Å²) in [6.45, 7) is 5.34. The van der Waals surface area contributed by atoms with Crippen LogP contribution in [0.25, 0.3) is 0 Å². The molecule has 0 spiro atoms. The van der Waals surface area contributed by atoms with Crippen molar-refractivity contribution < 1.29 is 4.74 Å². The number of aromatic nitrogens is 1. The standard InChI is InChI=1S/C12H18N4O/c1-9(2)17-7-6-16(3)12-5-4-10(14)11(8-13)15-12/h4-5,9H,6-7,14H2,1-3H3. The van der Waals surface area contributed by atoms with Gasteiger partial charge in [0.2, 0.25) is 0 Å². The lowest BCUT2D eigenvalue weighted by molar-refractivity contribution is 0.0845. The lowest BCUT2D eigenvalue weighted by atomic mass is 10.3. The third-order valence-electron chi connectivity index (χ3n) is 2.29. The number of nitrogen functional groups attached to an aromatic ring is 1. The quantitative estimate of drug-likeness (QED) is 0.833. The fourth-order valence-corrected chi connectivity index (χ4v) is 1.30. The first-order valence-corrected chi connectivity index (χ1v) is 5.54. The average Bonchev–Trinajstić information content (AvgIpc) is 2.29. The van der Waals surface area contributed by atoms with Gasteiger partial charge in [-0.15, -0.1) is 0 Å². The fourth-order valence-electron chi connectivity index (χ4n) is 1.30. The molecule has 1 heterocycles. The third-order valence-corrected chi connectivity index (χ3v) is 2.29. The summed E-state index contributed by atoms with van der Waals surface area (Å²) in [6.07, 6.45) is 0.220. The van der Waals surface area contributed by atoms with Crippen molar-refractivity contribution in [2.24, 2.45) is 0 Å². The number of pyridine rings is 1. The van der Waals surface area contributed by atoms with E-state index in [9.17, 15) is 0 Å². The molecule has 5 heteroatoms. The molecular weight excluding hydrogens is 216 g/mol. The number of nitriles is 1. The minimum atomic E-state index is 0.220. The van der Waals surface area contributed by atoms with E-state index in [0.717, 1.165) is 12.4 Å². The van der Waals surface area contributed by atoms with E-state index in [1.807, 2.05) is 31.9 Å². The molecule has 17 heavy (non-hydrogen) atoms. The summed E-state index contributed by atoms with van der Waals surface area (Å²) in [5, 5.41) is 8.84. The zero-order valence-electron chi connectivity index (χ0n) is 10.5. The van der Waals surface area contributed by atoms with Gasteiger partial charge in [0.15, 0.2) is 5.69 Å². The van der Waals surface area contributed by atoms with Crippen LogP contribution in [0, 0.1) is 11.3 Å². The molecule has 2 N–H and O–H groups in total. The van der Waals surface area contributed by atoms with E-state index in [4.69, 9.17) is 15.7 Å². The van der Waals surface area contributed by atoms with Gasteiger partial charge < -0.3 is 15.4 Å². The van der Waals surface area contributed by atoms with Crippen molar-refractivity contribution in [2.45, 2.75) is 20.0 Å². The topological polar surface area (TPSA) is 75.2 Å². The molecule has 0 bridgehead atoms. The predicted molar refractivity (Wildman–Crippen MR) is 67.7 cm³/mol. The van der Waals surface area contributed by atoms with Crippen molar-refractivity contribution in [2.75, 3.05) is 30.8 Å². The van der Waals surface area contributed by atoms with Gasteiger partial charge in [-0.2, -0.15) is 5.26 Å². The molecule has 0 saturated heterocycles. The zero-order valence-corrected chi connectivity index (χ0v) is 10.5. The molecule has 0 saturated carbocycles. The Bertz CT molecular complexity index is 411. The Morgan fingerprint density at radius 2 is 2.24 bits per heavy atom. The Hall–Kier alpha value is -1.80. The monoisotopic (exact) mass is 234 g/mol. The van der Waals surface area contributed by atoms with Gasteiger partial charge in [0, 0.05) is 13.6 Å². The summed E-state index contributed by atoms with van der Waals surface area (Å²) in [6, 6.07) is 5.46. The number of rotatable bonds is 5. The van der Waals surface area contributed by atoms with E-state index in [2.05, 4.69) is 4.98 Å². The molecule has 5 nitrogen and oxygen atoms in total. The average molecular weight is 234 g/mol. The van der Waals surface area contributed by atoms with Crippen LogP contribution in [-0.4, -0.2) is 31.3 Å². The van der Waals surface area contributed by atoms with Crippen molar-refractivity contribution in [1.82, 2.24) is 4.98 Å². The minimum absolute atomic E-state index is 0.220. The van der Waals surface area contributed by atoms with E-state index in [0.29, 0.717) is 12.3 Å². The van der Waals surface area contributed by atoms with Gasteiger partial charge in [-0.1, -0.05) is 0 Å². The van der Waals surface area contributed by atoms with Crippen LogP contribution in [0.2, 0.25) is 0 Å². The summed E-state index contributed by atoms with van der Waals surface area (Å²) in [4.78, 5) is 6.11. The summed E-state index contributed by atoms with van der Waals surface area (Å²) in [5.74, 6) is 0.725. The second-order valence-electron chi connectivity index (χ2n) is 4.06. The maximum atomic E-state index is 8.84. The van der Waals surface area contributed by atoms with E-state index >= 15 is 0 Å². The van der Waals surface area contributed by atoms with Crippen LogP contribution in [0.5, 0.6) is 0 Å². The van der Waals surface area contributed by atoms with Crippen LogP contribution in [0.1, 0.15) is 19.5 Å². The van der Waals surface area contributed by atoms with Gasteiger partial charge in [0.1, 0.15) is 11.9 Å². The lowest BCUT2D eigenvalue weighted by Crippen LogP contribution is -2.25. The first-order valence-electron chi connectivity index (χ1n) is 5.54. The maximum Gasteiger partial charge on any atom is 0.165 e. The molecule has 1 aromatic heterocycles. The van der Waals surface area contributed by atoms with Crippen LogP contribution >= 0.6 is 0 Å². The van der Waals surface area contributed by atoms with Gasteiger partial charge >= 0.3 is 0 Å². The smallest absolute Gasteiger partial charge is 0.165 e. The molecule has 1 aromatic rings. The van der Waals surface area contributed by atoms with E-state index in [1.54, 1.807) is 12.1 Å². The van der Waals surface area contributed by atoms with Crippen molar-refractivity contribution in [3.05, 3.63) is 17.8 Å². The van der Waals surface area contributed by atoms with E-state index in [1.165, 1.54) is 0 Å². The van der Waals surface area contributed by atoms with Gasteiger partial charge in [-0.3, -0.25) is 0 Å². The first kappa shape index (κ1) is 13.3. The molecule has 0 aromatic carbocycles. The van der Waals surface area contributed by atoms with E-state index in [-0.39, 0.29) is 11.8 Å². The Morgan fingerprint density at radius 3 is 2.82 bits per heavy atom. The van der Waals surface area contributed by atoms with E-state index < -0.39 is 0 Å². The number of hydrogen-bond acceptors (Lipinski definition) is 5.